The molecule has 0 radical (unpaired) electrons. The summed E-state index contributed by atoms with van der Waals surface area (Å²) in [6, 6.07) is 7.34. The van der Waals surface area contributed by atoms with Gasteiger partial charge in [-0.25, -0.2) is 0 Å². The number of piperazine rings is 1. The molecule has 1 atom stereocenters. The highest BCUT2D eigenvalue weighted by Gasteiger charge is 2.32. The zero-order valence-corrected chi connectivity index (χ0v) is 19.6. The standard InChI is InChI=1S/C23H28F3N7O/c1-14(15-9-16(23(24,25)26)11-17(10-15)32(2)3)28-22-18-12-20(33-7-5-27-6-8-33)21(34-4)13-19(18)29-31-30-22/h9-14,27H,5-8H2,1-4H3,(H,28,29,30)/t14-/m1/s1. The normalized spacial score (nSPS) is 15.3. The predicted molar refractivity (Wildman–Crippen MR) is 127 cm³/mol. The van der Waals surface area contributed by atoms with E-state index in [1.807, 2.05) is 12.1 Å². The molecule has 1 aliphatic rings. The van der Waals surface area contributed by atoms with E-state index >= 15 is 0 Å². The molecule has 0 spiro atoms. The number of fused-ring (bicyclic) bond motifs is 1. The van der Waals surface area contributed by atoms with Gasteiger partial charge in [0.15, 0.2) is 5.82 Å². The molecule has 34 heavy (non-hydrogen) atoms. The molecular formula is C23H28F3N7O. The molecule has 8 nitrogen and oxygen atoms in total. The van der Waals surface area contributed by atoms with Gasteiger partial charge in [-0.1, -0.05) is 0 Å². The molecule has 182 valence electrons. The van der Waals surface area contributed by atoms with Gasteiger partial charge in [0.1, 0.15) is 11.3 Å². The van der Waals surface area contributed by atoms with Crippen LogP contribution in [-0.4, -0.2) is 62.8 Å². The number of benzene rings is 2. The van der Waals surface area contributed by atoms with Crippen LogP contribution in [0.5, 0.6) is 5.75 Å². The van der Waals surface area contributed by atoms with Crippen molar-refractivity contribution in [1.82, 2.24) is 20.7 Å². The van der Waals surface area contributed by atoms with Crippen molar-refractivity contribution in [2.24, 2.45) is 0 Å². The highest BCUT2D eigenvalue weighted by molar-refractivity contribution is 5.93. The van der Waals surface area contributed by atoms with Gasteiger partial charge in [0.2, 0.25) is 0 Å². The summed E-state index contributed by atoms with van der Waals surface area (Å²) in [5.41, 5.74) is 1.75. The third-order valence-corrected chi connectivity index (χ3v) is 5.94. The molecule has 11 heteroatoms. The molecule has 0 bridgehead atoms. The zero-order valence-electron chi connectivity index (χ0n) is 19.6. The first-order chi connectivity index (χ1) is 16.2. The van der Waals surface area contributed by atoms with E-state index in [0.717, 1.165) is 49.4 Å². The van der Waals surface area contributed by atoms with Crippen molar-refractivity contribution in [3.63, 3.8) is 0 Å². The molecule has 1 fully saturated rings. The number of aromatic nitrogens is 3. The van der Waals surface area contributed by atoms with E-state index in [9.17, 15) is 13.2 Å². The van der Waals surface area contributed by atoms with E-state index in [4.69, 9.17) is 4.74 Å². The van der Waals surface area contributed by atoms with E-state index in [1.54, 1.807) is 39.1 Å². The van der Waals surface area contributed by atoms with Crippen LogP contribution in [0.2, 0.25) is 0 Å². The Balaban J connectivity index is 1.72. The van der Waals surface area contributed by atoms with Crippen molar-refractivity contribution < 1.29 is 17.9 Å². The van der Waals surface area contributed by atoms with Gasteiger partial charge in [0, 0.05) is 57.4 Å². The van der Waals surface area contributed by atoms with Crippen molar-refractivity contribution in [2.45, 2.75) is 19.1 Å². The summed E-state index contributed by atoms with van der Waals surface area (Å²) in [6.45, 7) is 5.17. The van der Waals surface area contributed by atoms with E-state index in [0.29, 0.717) is 28.3 Å². The fraction of sp³-hybridized carbons (Fsp3) is 0.435. The summed E-state index contributed by atoms with van der Waals surface area (Å²) in [4.78, 5) is 3.87. The minimum absolute atomic E-state index is 0.445. The van der Waals surface area contributed by atoms with Crippen LogP contribution in [0.1, 0.15) is 24.1 Å². The predicted octanol–water partition coefficient (Wildman–Crippen LogP) is 3.70. The van der Waals surface area contributed by atoms with Gasteiger partial charge in [-0.2, -0.15) is 13.2 Å². The molecule has 2 heterocycles. The molecule has 2 N–H and O–H groups in total. The third-order valence-electron chi connectivity index (χ3n) is 5.94. The fourth-order valence-corrected chi connectivity index (χ4v) is 4.02. The van der Waals surface area contributed by atoms with Gasteiger partial charge in [-0.05, 0) is 42.0 Å². The first kappa shape index (κ1) is 23.8. The summed E-state index contributed by atoms with van der Waals surface area (Å²) in [6.07, 6.45) is -4.45. The lowest BCUT2D eigenvalue weighted by molar-refractivity contribution is -0.137. The van der Waals surface area contributed by atoms with E-state index < -0.39 is 17.8 Å². The SMILES string of the molecule is COc1cc2nnnc(N[C@H](C)c3cc(N(C)C)cc(C(F)(F)F)c3)c2cc1N1CCNCC1. The Bertz CT molecular complexity index is 1160. The Labute approximate surface area is 196 Å². The number of anilines is 3. The Morgan fingerprint density at radius 1 is 1.09 bits per heavy atom. The van der Waals surface area contributed by atoms with Crippen LogP contribution in [0, 0.1) is 0 Å². The van der Waals surface area contributed by atoms with Crippen LogP contribution < -0.4 is 25.2 Å². The van der Waals surface area contributed by atoms with Gasteiger partial charge in [0.25, 0.3) is 0 Å². The van der Waals surface area contributed by atoms with Crippen molar-refractivity contribution in [1.29, 1.82) is 0 Å². The minimum Gasteiger partial charge on any atom is -0.495 e. The van der Waals surface area contributed by atoms with Crippen LogP contribution in [0.25, 0.3) is 10.9 Å². The van der Waals surface area contributed by atoms with Crippen LogP contribution in [-0.2, 0) is 6.18 Å². The number of halogens is 3. The second-order valence-corrected chi connectivity index (χ2v) is 8.49. The minimum atomic E-state index is -4.45. The van der Waals surface area contributed by atoms with Crippen LogP contribution in [0.3, 0.4) is 0 Å². The average Bonchev–Trinajstić information content (AvgIpc) is 2.83. The Morgan fingerprint density at radius 3 is 2.47 bits per heavy atom. The lowest BCUT2D eigenvalue weighted by Gasteiger charge is -2.30. The Kier molecular flexibility index (Phi) is 6.65. The molecule has 2 aromatic carbocycles. The smallest absolute Gasteiger partial charge is 0.416 e. The summed E-state index contributed by atoms with van der Waals surface area (Å²) >= 11 is 0. The molecule has 0 aliphatic carbocycles. The highest BCUT2D eigenvalue weighted by Crippen LogP contribution is 2.37. The quantitative estimate of drug-likeness (QED) is 0.559. The maximum atomic E-state index is 13.5. The van der Waals surface area contributed by atoms with Crippen LogP contribution in [0.15, 0.2) is 30.3 Å². The maximum absolute atomic E-state index is 13.5. The van der Waals surface area contributed by atoms with Crippen molar-refractivity contribution in [2.75, 3.05) is 62.5 Å². The number of nitrogens with one attached hydrogen (secondary N) is 2. The number of nitrogens with zero attached hydrogens (tertiary/aromatic N) is 5. The molecule has 3 aromatic rings. The largest absolute Gasteiger partial charge is 0.495 e. The summed E-state index contributed by atoms with van der Waals surface area (Å²) in [5, 5.41) is 19.4. The van der Waals surface area contributed by atoms with Gasteiger partial charge in [0.05, 0.1) is 24.4 Å². The number of methoxy groups -OCH3 is 1. The summed E-state index contributed by atoms with van der Waals surface area (Å²) in [7, 11) is 5.03. The van der Waals surface area contributed by atoms with Crippen molar-refractivity contribution in [3.8, 4) is 5.75 Å². The van der Waals surface area contributed by atoms with E-state index in [2.05, 4.69) is 30.9 Å². The Morgan fingerprint density at radius 2 is 1.82 bits per heavy atom. The number of hydrogen-bond acceptors (Lipinski definition) is 8. The second-order valence-electron chi connectivity index (χ2n) is 8.49. The van der Waals surface area contributed by atoms with Gasteiger partial charge in [-0.3, -0.25) is 0 Å². The molecule has 0 amide bonds. The van der Waals surface area contributed by atoms with Gasteiger partial charge >= 0.3 is 6.18 Å². The molecule has 1 aromatic heterocycles. The topological polar surface area (TPSA) is 78.4 Å². The van der Waals surface area contributed by atoms with Gasteiger partial charge in [-0.15, -0.1) is 10.2 Å². The number of rotatable bonds is 6. The van der Waals surface area contributed by atoms with Crippen LogP contribution in [0.4, 0.5) is 30.4 Å². The molecule has 4 rings (SSSR count). The average molecular weight is 476 g/mol. The first-order valence-corrected chi connectivity index (χ1v) is 11.0. The first-order valence-electron chi connectivity index (χ1n) is 11.0. The fourth-order valence-electron chi connectivity index (χ4n) is 4.02. The van der Waals surface area contributed by atoms with Crippen molar-refractivity contribution in [3.05, 3.63) is 41.5 Å². The zero-order chi connectivity index (χ0) is 24.5. The monoisotopic (exact) mass is 475 g/mol. The second kappa shape index (κ2) is 9.49. The molecule has 0 saturated carbocycles. The lowest BCUT2D eigenvalue weighted by Crippen LogP contribution is -2.43. The summed E-state index contributed by atoms with van der Waals surface area (Å²) < 4.78 is 46.1. The van der Waals surface area contributed by atoms with E-state index in [-0.39, 0.29) is 0 Å². The number of ether oxygens (including phenoxy) is 1. The van der Waals surface area contributed by atoms with E-state index in [1.165, 1.54) is 0 Å². The highest BCUT2D eigenvalue weighted by atomic mass is 19.4. The van der Waals surface area contributed by atoms with Gasteiger partial charge < -0.3 is 25.2 Å². The lowest BCUT2D eigenvalue weighted by atomic mass is 10.0. The maximum Gasteiger partial charge on any atom is 0.416 e. The van der Waals surface area contributed by atoms with Crippen LogP contribution >= 0.6 is 0 Å². The molecule has 1 saturated heterocycles. The van der Waals surface area contributed by atoms with Crippen molar-refractivity contribution >= 4 is 28.1 Å². The summed E-state index contributed by atoms with van der Waals surface area (Å²) in [5.74, 6) is 1.13. The molecular weight excluding hydrogens is 447 g/mol. The third kappa shape index (κ3) is 4.93. The molecule has 1 aliphatic heterocycles. The Hall–Kier alpha value is -3.34. The number of alkyl halides is 3. The number of hydrogen-bond donors (Lipinski definition) is 2. The molecule has 0 unspecified atom stereocenters.